The monoisotopic (exact) mass is 468 g/mol. The first kappa shape index (κ1) is 25.9. The molecule has 0 aromatic carbocycles. The highest BCUT2D eigenvalue weighted by atomic mass is 19.2. The quantitative estimate of drug-likeness (QED) is 0.349. The summed E-state index contributed by atoms with van der Waals surface area (Å²) in [6.07, 6.45) is 15.5. The summed E-state index contributed by atoms with van der Waals surface area (Å²) >= 11 is 0. The minimum Gasteiger partial charge on any atom is -0.247 e. The molecular weight excluding hydrogens is 417 g/mol. The Kier molecular flexibility index (Phi) is 9.53. The molecule has 0 heterocycles. The maximum Gasteiger partial charge on any atom is 0.134 e. The van der Waals surface area contributed by atoms with Crippen molar-refractivity contribution in [3.8, 4) is 0 Å². The number of rotatable bonds is 7. The summed E-state index contributed by atoms with van der Waals surface area (Å²) in [7, 11) is 0. The predicted molar refractivity (Wildman–Crippen MR) is 132 cm³/mol. The minimum absolute atomic E-state index is 0.0223. The van der Waals surface area contributed by atoms with Gasteiger partial charge in [0, 0.05) is 0 Å². The lowest BCUT2D eigenvalue weighted by Gasteiger charge is -2.42. The SMILES string of the molecule is CCCC1CCC(C2CCC(CCC3CCC(C4CCC(C)CC4)C(F)C3F)CC2)CC1F. The van der Waals surface area contributed by atoms with Crippen LogP contribution in [0.3, 0.4) is 0 Å². The third kappa shape index (κ3) is 6.52. The van der Waals surface area contributed by atoms with Crippen LogP contribution in [0.2, 0.25) is 0 Å². The number of alkyl halides is 3. The molecule has 0 aliphatic heterocycles. The van der Waals surface area contributed by atoms with E-state index in [4.69, 9.17) is 0 Å². The van der Waals surface area contributed by atoms with E-state index in [1.807, 2.05) is 0 Å². The van der Waals surface area contributed by atoms with Gasteiger partial charge in [0.05, 0.1) is 0 Å². The average Bonchev–Trinajstić information content (AvgIpc) is 2.82. The van der Waals surface area contributed by atoms with Crippen molar-refractivity contribution in [2.24, 2.45) is 47.3 Å². The third-order valence-electron chi connectivity index (χ3n) is 10.8. The molecule has 4 rings (SSSR count). The van der Waals surface area contributed by atoms with Crippen LogP contribution >= 0.6 is 0 Å². The number of halogens is 3. The van der Waals surface area contributed by atoms with Crippen molar-refractivity contribution in [3.63, 3.8) is 0 Å². The van der Waals surface area contributed by atoms with Crippen LogP contribution in [0.1, 0.15) is 123 Å². The van der Waals surface area contributed by atoms with Crippen LogP contribution in [-0.2, 0) is 0 Å². The molecule has 0 N–H and O–H groups in total. The standard InChI is InChI=1S/C30H51F3/c1-3-4-24-15-16-26(19-28(24)31)22-12-7-21(8-13-22)9-14-25-17-18-27(30(33)29(25)32)23-10-5-20(2)6-11-23/h20-30H,3-19H2,1-2H3. The number of hydrogen-bond acceptors (Lipinski definition) is 0. The summed E-state index contributed by atoms with van der Waals surface area (Å²) in [5.41, 5.74) is 0. The maximum atomic E-state index is 15.1. The summed E-state index contributed by atoms with van der Waals surface area (Å²) in [4.78, 5) is 0. The molecule has 4 fully saturated rings. The fourth-order valence-corrected chi connectivity index (χ4v) is 8.47. The molecule has 0 radical (unpaired) electrons. The Balaban J connectivity index is 1.16. The molecular formula is C30H51F3. The van der Waals surface area contributed by atoms with Gasteiger partial charge in [-0.05, 0) is 118 Å². The first-order valence-corrected chi connectivity index (χ1v) is 14.9. The lowest BCUT2D eigenvalue weighted by atomic mass is 9.66. The van der Waals surface area contributed by atoms with Crippen LogP contribution in [0, 0.1) is 47.3 Å². The van der Waals surface area contributed by atoms with Crippen molar-refractivity contribution >= 4 is 0 Å². The van der Waals surface area contributed by atoms with Gasteiger partial charge in [0.1, 0.15) is 18.5 Å². The summed E-state index contributed by atoms with van der Waals surface area (Å²) in [5, 5.41) is 0. The van der Waals surface area contributed by atoms with E-state index in [2.05, 4.69) is 13.8 Å². The highest BCUT2D eigenvalue weighted by Crippen LogP contribution is 2.47. The van der Waals surface area contributed by atoms with Gasteiger partial charge >= 0.3 is 0 Å². The number of hydrogen-bond donors (Lipinski definition) is 0. The molecule has 192 valence electrons. The molecule has 0 saturated heterocycles. The van der Waals surface area contributed by atoms with E-state index in [9.17, 15) is 4.39 Å². The molecule has 7 atom stereocenters. The fourth-order valence-electron chi connectivity index (χ4n) is 8.47. The van der Waals surface area contributed by atoms with Crippen LogP contribution in [0.15, 0.2) is 0 Å². The zero-order valence-electron chi connectivity index (χ0n) is 21.5. The van der Waals surface area contributed by atoms with E-state index in [0.29, 0.717) is 29.6 Å². The zero-order valence-corrected chi connectivity index (χ0v) is 21.5. The summed E-state index contributed by atoms with van der Waals surface area (Å²) in [6.45, 7) is 4.46. The molecule has 0 bridgehead atoms. The van der Waals surface area contributed by atoms with Gasteiger partial charge in [-0.3, -0.25) is 0 Å². The van der Waals surface area contributed by atoms with Crippen LogP contribution in [0.25, 0.3) is 0 Å². The van der Waals surface area contributed by atoms with E-state index < -0.39 is 18.5 Å². The molecule has 3 heteroatoms. The van der Waals surface area contributed by atoms with Gasteiger partial charge < -0.3 is 0 Å². The van der Waals surface area contributed by atoms with Gasteiger partial charge in [0.25, 0.3) is 0 Å². The Morgan fingerprint density at radius 3 is 1.88 bits per heavy atom. The highest BCUT2D eigenvalue weighted by molar-refractivity contribution is 4.93. The van der Waals surface area contributed by atoms with Gasteiger partial charge in [-0.2, -0.15) is 0 Å². The van der Waals surface area contributed by atoms with Crippen molar-refractivity contribution in [1.29, 1.82) is 0 Å². The normalized spacial score (nSPS) is 47.4. The molecule has 4 saturated carbocycles. The van der Waals surface area contributed by atoms with E-state index in [1.165, 1.54) is 44.9 Å². The second-order valence-electron chi connectivity index (χ2n) is 12.9. The molecule has 4 aliphatic carbocycles. The third-order valence-corrected chi connectivity index (χ3v) is 10.8. The molecule has 4 aliphatic rings. The van der Waals surface area contributed by atoms with Crippen molar-refractivity contribution < 1.29 is 13.2 Å². The van der Waals surface area contributed by atoms with Crippen LogP contribution in [-0.4, -0.2) is 18.5 Å². The molecule has 0 nitrogen and oxygen atoms in total. The predicted octanol–water partition coefficient (Wildman–Crippen LogP) is 9.66. The van der Waals surface area contributed by atoms with Crippen molar-refractivity contribution in [2.45, 2.75) is 142 Å². The molecule has 0 spiro atoms. The van der Waals surface area contributed by atoms with Crippen molar-refractivity contribution in [3.05, 3.63) is 0 Å². The fraction of sp³-hybridized carbons (Fsp3) is 1.00. The lowest BCUT2D eigenvalue weighted by Crippen LogP contribution is -2.42. The minimum atomic E-state index is -1.24. The van der Waals surface area contributed by atoms with Crippen molar-refractivity contribution in [2.75, 3.05) is 0 Å². The van der Waals surface area contributed by atoms with Crippen LogP contribution in [0.5, 0.6) is 0 Å². The Bertz CT molecular complexity index is 563. The summed E-state index contributed by atoms with van der Waals surface area (Å²) < 4.78 is 44.8. The largest absolute Gasteiger partial charge is 0.247 e. The molecule has 0 amide bonds. The summed E-state index contributed by atoms with van der Waals surface area (Å²) in [5.74, 6) is 3.40. The molecule has 33 heavy (non-hydrogen) atoms. The van der Waals surface area contributed by atoms with E-state index in [-0.39, 0.29) is 11.8 Å². The van der Waals surface area contributed by atoms with Gasteiger partial charge in [0.2, 0.25) is 0 Å². The molecule has 0 aromatic heterocycles. The van der Waals surface area contributed by atoms with Gasteiger partial charge in [-0.15, -0.1) is 0 Å². The van der Waals surface area contributed by atoms with Crippen LogP contribution in [0.4, 0.5) is 13.2 Å². The van der Waals surface area contributed by atoms with Gasteiger partial charge in [-0.25, -0.2) is 13.2 Å². The average molecular weight is 469 g/mol. The molecule has 7 unspecified atom stereocenters. The van der Waals surface area contributed by atoms with E-state index in [1.54, 1.807) is 0 Å². The first-order chi connectivity index (χ1) is 16.0. The van der Waals surface area contributed by atoms with Crippen LogP contribution < -0.4 is 0 Å². The topological polar surface area (TPSA) is 0 Å². The Morgan fingerprint density at radius 2 is 1.21 bits per heavy atom. The Morgan fingerprint density at radius 1 is 0.576 bits per heavy atom. The molecule has 0 aromatic rings. The van der Waals surface area contributed by atoms with Gasteiger partial charge in [0.15, 0.2) is 0 Å². The highest BCUT2D eigenvalue weighted by Gasteiger charge is 2.44. The zero-order chi connectivity index (χ0) is 23.4. The first-order valence-electron chi connectivity index (χ1n) is 14.9. The van der Waals surface area contributed by atoms with Crippen molar-refractivity contribution in [1.82, 2.24) is 0 Å². The Labute approximate surface area is 202 Å². The smallest absolute Gasteiger partial charge is 0.134 e. The van der Waals surface area contributed by atoms with E-state index in [0.717, 1.165) is 70.1 Å². The summed E-state index contributed by atoms with van der Waals surface area (Å²) in [6, 6.07) is 0. The maximum absolute atomic E-state index is 15.1. The second-order valence-corrected chi connectivity index (χ2v) is 12.9. The Hall–Kier alpha value is -0.210. The second kappa shape index (κ2) is 12.2. The van der Waals surface area contributed by atoms with Gasteiger partial charge in [-0.1, -0.05) is 52.4 Å². The van der Waals surface area contributed by atoms with E-state index >= 15 is 8.78 Å². The lowest BCUT2D eigenvalue weighted by molar-refractivity contribution is -0.0156.